The lowest BCUT2D eigenvalue weighted by atomic mass is 9.95. The molecule has 0 unspecified atom stereocenters. The van der Waals surface area contributed by atoms with Gasteiger partial charge < -0.3 is 24.4 Å². The number of carbonyl (C=O) groups is 2. The molecule has 1 atom stereocenters. The normalized spacial score (nSPS) is 19.6. The maximum absolute atomic E-state index is 13.1. The number of benzene rings is 2. The van der Waals surface area contributed by atoms with E-state index in [0.29, 0.717) is 53.8 Å². The highest BCUT2D eigenvalue weighted by molar-refractivity contribution is 6.46. The Morgan fingerprint density at radius 1 is 1.12 bits per heavy atom. The second kappa shape index (κ2) is 9.22. The minimum atomic E-state index is -0.732. The van der Waals surface area contributed by atoms with Crippen LogP contribution in [0, 0.1) is 0 Å². The van der Waals surface area contributed by atoms with E-state index in [1.807, 2.05) is 19.0 Å². The highest BCUT2D eigenvalue weighted by Crippen LogP contribution is 2.41. The van der Waals surface area contributed by atoms with Gasteiger partial charge in [-0.15, -0.1) is 0 Å². The van der Waals surface area contributed by atoms with Crippen LogP contribution in [0.25, 0.3) is 5.76 Å². The fourth-order valence-corrected chi connectivity index (χ4v) is 4.24. The van der Waals surface area contributed by atoms with E-state index in [-0.39, 0.29) is 11.3 Å². The number of hydrogen-bond acceptors (Lipinski definition) is 6. The first-order valence-electron chi connectivity index (χ1n) is 10.5. The van der Waals surface area contributed by atoms with Crippen molar-refractivity contribution in [3.8, 4) is 11.5 Å². The lowest BCUT2D eigenvalue weighted by Crippen LogP contribution is -2.32. The van der Waals surface area contributed by atoms with E-state index in [1.165, 1.54) is 4.90 Å². The second-order valence-corrected chi connectivity index (χ2v) is 8.50. The molecule has 1 amide bonds. The van der Waals surface area contributed by atoms with Gasteiger partial charge in [-0.1, -0.05) is 23.7 Å². The molecule has 4 rings (SSSR count). The van der Waals surface area contributed by atoms with E-state index < -0.39 is 17.7 Å². The van der Waals surface area contributed by atoms with Crippen molar-refractivity contribution in [1.29, 1.82) is 0 Å². The molecule has 2 aliphatic rings. The number of amides is 1. The molecular formula is C24H25ClN2O5. The van der Waals surface area contributed by atoms with Gasteiger partial charge in [0, 0.05) is 17.1 Å². The first kappa shape index (κ1) is 22.2. The number of Topliss-reactive ketones (excluding diaryl/α,β-unsaturated/α-hetero) is 1. The maximum atomic E-state index is 13.1. The number of hydrogen-bond donors (Lipinski definition) is 1. The van der Waals surface area contributed by atoms with Gasteiger partial charge in [0.05, 0.1) is 11.6 Å². The van der Waals surface area contributed by atoms with E-state index in [4.69, 9.17) is 21.1 Å². The van der Waals surface area contributed by atoms with Crippen LogP contribution in [-0.2, 0) is 9.59 Å². The number of halogens is 1. The van der Waals surface area contributed by atoms with Crippen LogP contribution in [-0.4, -0.2) is 67.0 Å². The molecule has 8 heteroatoms. The van der Waals surface area contributed by atoms with Crippen molar-refractivity contribution in [2.45, 2.75) is 12.5 Å². The second-order valence-electron chi connectivity index (χ2n) is 8.06. The quantitative estimate of drug-likeness (QED) is 0.407. The first-order chi connectivity index (χ1) is 15.4. The number of fused-ring (bicyclic) bond motifs is 1. The lowest BCUT2D eigenvalue weighted by Gasteiger charge is -2.26. The zero-order valence-electron chi connectivity index (χ0n) is 18.0. The van der Waals surface area contributed by atoms with Crippen molar-refractivity contribution in [3.63, 3.8) is 0 Å². The fraction of sp³-hybridized carbons (Fsp3) is 0.333. The Hall–Kier alpha value is -3.03. The molecule has 2 aliphatic heterocycles. The summed E-state index contributed by atoms with van der Waals surface area (Å²) in [6, 6.07) is 11.2. The minimum Gasteiger partial charge on any atom is -0.507 e. The molecule has 2 aromatic rings. The third kappa shape index (κ3) is 4.31. The van der Waals surface area contributed by atoms with Crippen LogP contribution in [0.1, 0.15) is 23.6 Å². The molecule has 1 saturated heterocycles. The number of aliphatic hydroxyl groups is 1. The van der Waals surface area contributed by atoms with E-state index in [0.717, 1.165) is 6.54 Å². The SMILES string of the molecule is CN(C)CCCN1C(=O)C(=O)/C(=C(/O)c2ccc3c(c2)OCCO3)[C@H]1c1cccc(Cl)c1. The highest BCUT2D eigenvalue weighted by Gasteiger charge is 2.45. The van der Waals surface area contributed by atoms with Gasteiger partial charge in [0.1, 0.15) is 19.0 Å². The van der Waals surface area contributed by atoms with Crippen LogP contribution in [0.4, 0.5) is 0 Å². The first-order valence-corrected chi connectivity index (χ1v) is 10.8. The Morgan fingerprint density at radius 2 is 1.88 bits per heavy atom. The third-order valence-electron chi connectivity index (χ3n) is 5.52. The molecule has 2 aromatic carbocycles. The summed E-state index contributed by atoms with van der Waals surface area (Å²) in [6.45, 7) is 1.98. The summed E-state index contributed by atoms with van der Waals surface area (Å²) < 4.78 is 11.1. The van der Waals surface area contributed by atoms with Crippen LogP contribution in [0.3, 0.4) is 0 Å². The molecule has 1 fully saturated rings. The molecule has 0 radical (unpaired) electrons. The van der Waals surface area contributed by atoms with Crippen molar-refractivity contribution >= 4 is 29.1 Å². The Labute approximate surface area is 191 Å². The van der Waals surface area contributed by atoms with Crippen molar-refractivity contribution in [2.75, 3.05) is 40.4 Å². The van der Waals surface area contributed by atoms with E-state index >= 15 is 0 Å². The zero-order chi connectivity index (χ0) is 22.8. The monoisotopic (exact) mass is 456 g/mol. The lowest BCUT2D eigenvalue weighted by molar-refractivity contribution is -0.139. The maximum Gasteiger partial charge on any atom is 0.295 e. The van der Waals surface area contributed by atoms with Crippen molar-refractivity contribution in [2.24, 2.45) is 0 Å². The summed E-state index contributed by atoms with van der Waals surface area (Å²) in [4.78, 5) is 29.6. The minimum absolute atomic E-state index is 0.0406. The van der Waals surface area contributed by atoms with Crippen molar-refractivity contribution in [3.05, 3.63) is 64.2 Å². The predicted molar refractivity (Wildman–Crippen MR) is 121 cm³/mol. The third-order valence-corrected chi connectivity index (χ3v) is 5.76. The molecule has 7 nitrogen and oxygen atoms in total. The number of aliphatic hydroxyl groups excluding tert-OH is 1. The van der Waals surface area contributed by atoms with Crippen molar-refractivity contribution < 1.29 is 24.2 Å². The summed E-state index contributed by atoms with van der Waals surface area (Å²) in [7, 11) is 3.90. The molecule has 0 aromatic heterocycles. The predicted octanol–water partition coefficient (Wildman–Crippen LogP) is 3.48. The van der Waals surface area contributed by atoms with Gasteiger partial charge >= 0.3 is 0 Å². The molecule has 0 aliphatic carbocycles. The van der Waals surface area contributed by atoms with Gasteiger partial charge in [-0.25, -0.2) is 0 Å². The van der Waals surface area contributed by atoms with E-state index in [2.05, 4.69) is 0 Å². The number of nitrogens with zero attached hydrogens (tertiary/aromatic N) is 2. The fourth-order valence-electron chi connectivity index (χ4n) is 4.04. The number of ether oxygens (including phenoxy) is 2. The number of carbonyl (C=O) groups excluding carboxylic acids is 2. The van der Waals surface area contributed by atoms with Crippen LogP contribution in [0.2, 0.25) is 5.02 Å². The van der Waals surface area contributed by atoms with Crippen LogP contribution >= 0.6 is 11.6 Å². The van der Waals surface area contributed by atoms with Gasteiger partial charge in [0.25, 0.3) is 11.7 Å². The molecule has 32 heavy (non-hydrogen) atoms. The van der Waals surface area contributed by atoms with Gasteiger partial charge in [-0.05, 0) is 63.0 Å². The van der Waals surface area contributed by atoms with Gasteiger partial charge in [0.15, 0.2) is 11.5 Å². The summed E-state index contributed by atoms with van der Waals surface area (Å²) in [5.74, 6) is -0.538. The van der Waals surface area contributed by atoms with Crippen LogP contribution in [0.5, 0.6) is 11.5 Å². The molecule has 1 N–H and O–H groups in total. The Kier molecular flexibility index (Phi) is 6.39. The Bertz CT molecular complexity index is 1080. The standard InChI is InChI=1S/C24H25ClN2O5/c1-26(2)9-4-10-27-21(15-5-3-6-17(25)13-15)20(23(29)24(27)30)22(28)16-7-8-18-19(14-16)32-12-11-31-18/h3,5-8,13-14,21,28H,4,9-12H2,1-2H3/b22-20+/t21-/m1/s1. The average Bonchev–Trinajstić information content (AvgIpc) is 3.03. The molecule has 0 saturated carbocycles. The van der Waals surface area contributed by atoms with E-state index in [9.17, 15) is 14.7 Å². The smallest absolute Gasteiger partial charge is 0.295 e. The summed E-state index contributed by atoms with van der Waals surface area (Å²) in [6.07, 6.45) is 0.682. The topological polar surface area (TPSA) is 79.3 Å². The number of likely N-dealkylation sites (tertiary alicyclic amines) is 1. The largest absolute Gasteiger partial charge is 0.507 e. The Morgan fingerprint density at radius 3 is 2.59 bits per heavy atom. The van der Waals surface area contributed by atoms with Gasteiger partial charge in [0.2, 0.25) is 0 Å². The number of rotatable bonds is 6. The average molecular weight is 457 g/mol. The van der Waals surface area contributed by atoms with Crippen LogP contribution < -0.4 is 9.47 Å². The van der Waals surface area contributed by atoms with E-state index in [1.54, 1.807) is 42.5 Å². The molecular weight excluding hydrogens is 432 g/mol. The highest BCUT2D eigenvalue weighted by atomic mass is 35.5. The Balaban J connectivity index is 1.79. The van der Waals surface area contributed by atoms with Gasteiger partial charge in [-0.2, -0.15) is 0 Å². The number of ketones is 1. The molecule has 0 spiro atoms. The van der Waals surface area contributed by atoms with Crippen molar-refractivity contribution in [1.82, 2.24) is 9.80 Å². The molecule has 2 heterocycles. The molecule has 168 valence electrons. The zero-order valence-corrected chi connectivity index (χ0v) is 18.8. The van der Waals surface area contributed by atoms with Crippen LogP contribution in [0.15, 0.2) is 48.0 Å². The summed E-state index contributed by atoms with van der Waals surface area (Å²) in [5, 5.41) is 11.7. The summed E-state index contributed by atoms with van der Waals surface area (Å²) in [5.41, 5.74) is 1.09. The summed E-state index contributed by atoms with van der Waals surface area (Å²) >= 11 is 6.21. The molecule has 0 bridgehead atoms. The van der Waals surface area contributed by atoms with Gasteiger partial charge in [-0.3, -0.25) is 9.59 Å².